The molecule has 0 saturated heterocycles. The van der Waals surface area contributed by atoms with Crippen LogP contribution in [0.25, 0.3) is 0 Å². The summed E-state index contributed by atoms with van der Waals surface area (Å²) in [5, 5.41) is 1.85. The summed E-state index contributed by atoms with van der Waals surface area (Å²) in [6, 6.07) is 1.78. The average molecular weight is 282 g/mol. The molecule has 0 atom stereocenters. The van der Waals surface area contributed by atoms with Crippen LogP contribution in [0.3, 0.4) is 0 Å². The Bertz CT molecular complexity index is 467. The second-order valence-electron chi connectivity index (χ2n) is 5.24. The van der Waals surface area contributed by atoms with Gasteiger partial charge in [-0.3, -0.25) is 0 Å². The van der Waals surface area contributed by atoms with Gasteiger partial charge in [0.1, 0.15) is 29.4 Å². The second kappa shape index (κ2) is 5.37. The molecule has 0 amide bonds. The SMILES string of the molecule is C=CC(=C)OC1CC(Oc2csc(C(C)(C)F)c2)C1. The number of allylic oxidation sites excluding steroid dienone is 1. The van der Waals surface area contributed by atoms with Crippen LogP contribution in [-0.4, -0.2) is 12.2 Å². The Kier molecular flexibility index (Phi) is 3.99. The number of ether oxygens (including phenoxy) is 2. The third kappa shape index (κ3) is 3.60. The van der Waals surface area contributed by atoms with E-state index < -0.39 is 5.67 Å². The van der Waals surface area contributed by atoms with Gasteiger partial charge in [0.15, 0.2) is 0 Å². The molecule has 2 rings (SSSR count). The van der Waals surface area contributed by atoms with E-state index >= 15 is 0 Å². The summed E-state index contributed by atoms with van der Waals surface area (Å²) in [5.41, 5.74) is -1.31. The molecule has 4 heteroatoms. The number of hydrogen-bond acceptors (Lipinski definition) is 3. The molecule has 1 aromatic heterocycles. The van der Waals surface area contributed by atoms with Gasteiger partial charge in [0.2, 0.25) is 0 Å². The van der Waals surface area contributed by atoms with Gasteiger partial charge in [0.05, 0.1) is 0 Å². The molecule has 2 nitrogen and oxygen atoms in total. The van der Waals surface area contributed by atoms with Gasteiger partial charge in [-0.25, -0.2) is 4.39 Å². The van der Waals surface area contributed by atoms with Crippen LogP contribution in [0.4, 0.5) is 4.39 Å². The molecule has 0 aliphatic heterocycles. The molecule has 0 bridgehead atoms. The summed E-state index contributed by atoms with van der Waals surface area (Å²) in [4.78, 5) is 0.689. The Balaban J connectivity index is 1.80. The fourth-order valence-corrected chi connectivity index (χ4v) is 2.69. The van der Waals surface area contributed by atoms with Gasteiger partial charge in [0.25, 0.3) is 0 Å². The van der Waals surface area contributed by atoms with Gasteiger partial charge in [-0.15, -0.1) is 11.3 Å². The lowest BCUT2D eigenvalue weighted by atomic mass is 9.92. The highest BCUT2D eigenvalue weighted by atomic mass is 32.1. The molecule has 0 N–H and O–H groups in total. The minimum Gasteiger partial charge on any atom is -0.491 e. The molecule has 0 radical (unpaired) electrons. The fraction of sp³-hybridized carbons (Fsp3) is 0.467. The van der Waals surface area contributed by atoms with Crippen molar-refractivity contribution in [3.8, 4) is 5.75 Å². The van der Waals surface area contributed by atoms with E-state index in [2.05, 4.69) is 13.2 Å². The molecular formula is C15H19FO2S. The van der Waals surface area contributed by atoms with Crippen molar-refractivity contribution in [3.63, 3.8) is 0 Å². The standard InChI is InChI=1S/C15H19FO2S/c1-5-10(2)17-11-6-12(7-11)18-13-8-14(19-9-13)15(3,4)16/h5,8-9,11-12H,1-2,6-7H2,3-4H3. The number of rotatable bonds is 6. The number of hydrogen-bond donors (Lipinski definition) is 0. The van der Waals surface area contributed by atoms with Crippen LogP contribution in [-0.2, 0) is 10.4 Å². The second-order valence-corrected chi connectivity index (χ2v) is 6.15. The van der Waals surface area contributed by atoms with Crippen molar-refractivity contribution in [3.05, 3.63) is 41.3 Å². The van der Waals surface area contributed by atoms with E-state index in [0.717, 1.165) is 18.6 Å². The first kappa shape index (κ1) is 14.1. The zero-order valence-corrected chi connectivity index (χ0v) is 12.1. The fourth-order valence-electron chi connectivity index (χ4n) is 1.86. The summed E-state index contributed by atoms with van der Waals surface area (Å²) in [5.74, 6) is 1.34. The van der Waals surface area contributed by atoms with E-state index in [1.807, 2.05) is 5.38 Å². The molecule has 104 valence electrons. The van der Waals surface area contributed by atoms with E-state index in [9.17, 15) is 4.39 Å². The van der Waals surface area contributed by atoms with E-state index in [1.165, 1.54) is 11.3 Å². The van der Waals surface area contributed by atoms with Crippen molar-refractivity contribution in [2.24, 2.45) is 0 Å². The average Bonchev–Trinajstić information content (AvgIpc) is 2.74. The van der Waals surface area contributed by atoms with Gasteiger partial charge >= 0.3 is 0 Å². The summed E-state index contributed by atoms with van der Waals surface area (Å²) in [6.07, 6.45) is 3.57. The van der Waals surface area contributed by atoms with Crippen LogP contribution in [0.2, 0.25) is 0 Å². The maximum atomic E-state index is 13.7. The molecule has 1 fully saturated rings. The minimum absolute atomic E-state index is 0.146. The molecule has 0 unspecified atom stereocenters. The van der Waals surface area contributed by atoms with Crippen LogP contribution in [0, 0.1) is 0 Å². The van der Waals surface area contributed by atoms with E-state index in [4.69, 9.17) is 9.47 Å². The first-order chi connectivity index (χ1) is 8.88. The first-order valence-corrected chi connectivity index (χ1v) is 7.19. The van der Waals surface area contributed by atoms with Crippen LogP contribution >= 0.6 is 11.3 Å². The topological polar surface area (TPSA) is 18.5 Å². The predicted molar refractivity (Wildman–Crippen MR) is 76.3 cm³/mol. The third-order valence-corrected chi connectivity index (χ3v) is 4.27. The Morgan fingerprint density at radius 3 is 2.68 bits per heavy atom. The van der Waals surface area contributed by atoms with Crippen molar-refractivity contribution in [2.75, 3.05) is 0 Å². The lowest BCUT2D eigenvalue weighted by molar-refractivity contribution is -0.0270. The van der Waals surface area contributed by atoms with Crippen LogP contribution < -0.4 is 4.74 Å². The highest BCUT2D eigenvalue weighted by Crippen LogP contribution is 2.36. The predicted octanol–water partition coefficient (Wildman–Crippen LogP) is 4.58. The molecule has 1 aliphatic carbocycles. The molecule has 1 aromatic rings. The summed E-state index contributed by atoms with van der Waals surface area (Å²) in [6.45, 7) is 10.4. The van der Waals surface area contributed by atoms with Gasteiger partial charge in [-0.1, -0.05) is 13.2 Å². The van der Waals surface area contributed by atoms with E-state index in [-0.39, 0.29) is 12.2 Å². The monoisotopic (exact) mass is 282 g/mol. The van der Waals surface area contributed by atoms with Crippen molar-refractivity contribution in [1.29, 1.82) is 0 Å². The molecule has 0 spiro atoms. The maximum absolute atomic E-state index is 13.7. The maximum Gasteiger partial charge on any atom is 0.139 e. The summed E-state index contributed by atoms with van der Waals surface area (Å²) >= 11 is 1.39. The zero-order chi connectivity index (χ0) is 14.0. The summed E-state index contributed by atoms with van der Waals surface area (Å²) < 4.78 is 25.0. The summed E-state index contributed by atoms with van der Waals surface area (Å²) in [7, 11) is 0. The Hall–Kier alpha value is -1.29. The molecule has 1 heterocycles. The van der Waals surface area contributed by atoms with Crippen molar-refractivity contribution < 1.29 is 13.9 Å². The Labute approximate surface area is 117 Å². The third-order valence-electron chi connectivity index (χ3n) is 3.06. The van der Waals surface area contributed by atoms with Crippen LogP contribution in [0.1, 0.15) is 31.6 Å². The zero-order valence-electron chi connectivity index (χ0n) is 11.3. The lowest BCUT2D eigenvalue weighted by Crippen LogP contribution is -2.39. The van der Waals surface area contributed by atoms with Gasteiger partial charge in [-0.2, -0.15) is 0 Å². The van der Waals surface area contributed by atoms with E-state index in [0.29, 0.717) is 10.6 Å². The molecule has 1 saturated carbocycles. The normalized spacial score (nSPS) is 22.5. The van der Waals surface area contributed by atoms with Crippen molar-refractivity contribution in [1.82, 2.24) is 0 Å². The number of alkyl halides is 1. The largest absolute Gasteiger partial charge is 0.491 e. The number of halogens is 1. The molecule has 0 aromatic carbocycles. The highest BCUT2D eigenvalue weighted by Gasteiger charge is 2.33. The smallest absolute Gasteiger partial charge is 0.139 e. The van der Waals surface area contributed by atoms with Gasteiger partial charge in [0, 0.05) is 23.1 Å². The molecule has 1 aliphatic rings. The molecule has 19 heavy (non-hydrogen) atoms. The van der Waals surface area contributed by atoms with Crippen molar-refractivity contribution >= 4 is 11.3 Å². The lowest BCUT2D eigenvalue weighted by Gasteiger charge is -2.35. The minimum atomic E-state index is -1.31. The van der Waals surface area contributed by atoms with Crippen molar-refractivity contribution in [2.45, 2.75) is 44.6 Å². The van der Waals surface area contributed by atoms with Crippen LogP contribution in [0.5, 0.6) is 5.75 Å². The Morgan fingerprint density at radius 2 is 2.16 bits per heavy atom. The van der Waals surface area contributed by atoms with Gasteiger partial charge in [-0.05, 0) is 26.0 Å². The van der Waals surface area contributed by atoms with E-state index in [1.54, 1.807) is 26.0 Å². The highest BCUT2D eigenvalue weighted by molar-refractivity contribution is 7.10. The van der Waals surface area contributed by atoms with Crippen LogP contribution in [0.15, 0.2) is 36.4 Å². The number of thiophene rings is 1. The quantitative estimate of drug-likeness (QED) is 0.561. The Morgan fingerprint density at radius 1 is 1.47 bits per heavy atom. The first-order valence-electron chi connectivity index (χ1n) is 6.31. The molecular weight excluding hydrogens is 263 g/mol. The van der Waals surface area contributed by atoms with Gasteiger partial charge < -0.3 is 9.47 Å².